The number of anilines is 1. The summed E-state index contributed by atoms with van der Waals surface area (Å²) in [6.45, 7) is 2.11. The predicted octanol–water partition coefficient (Wildman–Crippen LogP) is 4.63. The van der Waals surface area contributed by atoms with Crippen molar-refractivity contribution >= 4 is 39.2 Å². The van der Waals surface area contributed by atoms with E-state index in [1.807, 2.05) is 30.3 Å². The van der Waals surface area contributed by atoms with Crippen molar-refractivity contribution in [1.82, 2.24) is 4.90 Å². The van der Waals surface area contributed by atoms with E-state index >= 15 is 0 Å². The minimum atomic E-state index is -1.000. The van der Waals surface area contributed by atoms with E-state index < -0.39 is 11.5 Å². The van der Waals surface area contributed by atoms with Gasteiger partial charge in [-0.2, -0.15) is 0 Å². The number of halogens is 2. The van der Waals surface area contributed by atoms with Crippen molar-refractivity contribution in [3.8, 4) is 0 Å². The number of nitrogens with zero attached hydrogens (tertiary/aromatic N) is 1. The highest BCUT2D eigenvalue weighted by Crippen LogP contribution is 2.31. The molecule has 0 bridgehead atoms. The maximum Gasteiger partial charge on any atom is 0.330 e. The van der Waals surface area contributed by atoms with Gasteiger partial charge in [0.05, 0.1) is 5.02 Å². The van der Waals surface area contributed by atoms with Gasteiger partial charge < -0.3 is 10.4 Å². The molecule has 0 saturated carbocycles. The molecule has 1 saturated heterocycles. The number of carboxylic acids is 1. The minimum absolute atomic E-state index is 0.456. The molecular weight excluding hydrogens is 404 g/mol. The second kappa shape index (κ2) is 7.77. The molecule has 0 spiro atoms. The third-order valence-corrected chi connectivity index (χ3v) is 5.75. The summed E-state index contributed by atoms with van der Waals surface area (Å²) >= 11 is 9.43. The summed E-state index contributed by atoms with van der Waals surface area (Å²) in [6, 6.07) is 15.5. The highest BCUT2D eigenvalue weighted by molar-refractivity contribution is 9.10. The molecule has 2 N–H and O–H groups in total. The molecule has 0 aliphatic carbocycles. The lowest BCUT2D eigenvalue weighted by Gasteiger charge is -2.41. The van der Waals surface area contributed by atoms with Gasteiger partial charge in [-0.3, -0.25) is 4.90 Å². The van der Waals surface area contributed by atoms with Crippen LogP contribution in [0.1, 0.15) is 18.4 Å². The molecule has 1 fully saturated rings. The molecule has 2 aromatic rings. The van der Waals surface area contributed by atoms with E-state index in [2.05, 4.69) is 38.3 Å². The normalized spacial score (nSPS) is 21.0. The van der Waals surface area contributed by atoms with Crippen LogP contribution in [0.25, 0.3) is 0 Å². The first-order chi connectivity index (χ1) is 12.0. The van der Waals surface area contributed by atoms with E-state index in [4.69, 9.17) is 11.6 Å². The summed E-state index contributed by atoms with van der Waals surface area (Å²) in [4.78, 5) is 14.3. The zero-order valence-electron chi connectivity index (χ0n) is 13.7. The Labute approximate surface area is 160 Å². The zero-order chi connectivity index (χ0) is 17.9. The molecule has 1 aliphatic heterocycles. The summed E-state index contributed by atoms with van der Waals surface area (Å²) in [5, 5.41) is 13.8. The molecule has 0 amide bonds. The summed E-state index contributed by atoms with van der Waals surface area (Å²) in [6.07, 6.45) is 1.43. The highest BCUT2D eigenvalue weighted by Gasteiger charge is 2.42. The lowest BCUT2D eigenvalue weighted by Crippen LogP contribution is -2.57. The maximum absolute atomic E-state index is 12.1. The van der Waals surface area contributed by atoms with Gasteiger partial charge in [0.2, 0.25) is 0 Å². The molecule has 2 aromatic carbocycles. The standard InChI is InChI=1S/C19H20BrClN2O2/c20-16-11-15(7-8-17(16)21)22-19(18(24)25)9-4-10-23(13-19)12-14-5-2-1-3-6-14/h1-3,5-8,11,22H,4,9-10,12-13H2,(H,24,25). The lowest BCUT2D eigenvalue weighted by molar-refractivity contribution is -0.144. The number of piperidine rings is 1. The zero-order valence-corrected chi connectivity index (χ0v) is 16.1. The van der Waals surface area contributed by atoms with Crippen molar-refractivity contribution in [3.05, 3.63) is 63.6 Å². The Bertz CT molecular complexity index is 756. The fraction of sp³-hybridized carbons (Fsp3) is 0.316. The first-order valence-corrected chi connectivity index (χ1v) is 9.38. The van der Waals surface area contributed by atoms with E-state index in [0.717, 1.165) is 29.7 Å². The van der Waals surface area contributed by atoms with Crippen molar-refractivity contribution in [2.45, 2.75) is 24.9 Å². The molecule has 1 aliphatic rings. The van der Waals surface area contributed by atoms with Crippen LogP contribution in [-0.2, 0) is 11.3 Å². The average molecular weight is 424 g/mol. The van der Waals surface area contributed by atoms with Gasteiger partial charge in [-0.1, -0.05) is 41.9 Å². The Morgan fingerprint density at radius 3 is 2.72 bits per heavy atom. The quantitative estimate of drug-likeness (QED) is 0.736. The van der Waals surface area contributed by atoms with Crippen molar-refractivity contribution in [2.24, 2.45) is 0 Å². The Morgan fingerprint density at radius 2 is 2.04 bits per heavy atom. The van der Waals surface area contributed by atoms with E-state index in [1.165, 1.54) is 5.56 Å². The van der Waals surface area contributed by atoms with Crippen molar-refractivity contribution < 1.29 is 9.90 Å². The summed E-state index contributed by atoms with van der Waals surface area (Å²) in [5.41, 5.74) is 0.943. The van der Waals surface area contributed by atoms with Crippen LogP contribution in [0.3, 0.4) is 0 Å². The van der Waals surface area contributed by atoms with Crippen LogP contribution >= 0.6 is 27.5 Å². The maximum atomic E-state index is 12.1. The number of benzene rings is 2. The number of nitrogens with one attached hydrogen (secondary N) is 1. The molecule has 3 rings (SSSR count). The number of hydrogen-bond donors (Lipinski definition) is 2. The molecule has 4 nitrogen and oxygen atoms in total. The Balaban J connectivity index is 1.79. The molecule has 132 valence electrons. The molecule has 0 radical (unpaired) electrons. The third-order valence-electron chi connectivity index (χ3n) is 4.53. The molecule has 25 heavy (non-hydrogen) atoms. The Morgan fingerprint density at radius 1 is 1.28 bits per heavy atom. The number of carboxylic acid groups (broad SMARTS) is 1. The smallest absolute Gasteiger partial charge is 0.330 e. The first kappa shape index (κ1) is 18.2. The molecule has 1 unspecified atom stereocenters. The van der Waals surface area contributed by atoms with Crippen LogP contribution in [-0.4, -0.2) is 34.6 Å². The van der Waals surface area contributed by atoms with E-state index in [9.17, 15) is 9.90 Å². The molecular formula is C19H20BrClN2O2. The number of hydrogen-bond acceptors (Lipinski definition) is 3. The van der Waals surface area contributed by atoms with Crippen LogP contribution in [0, 0.1) is 0 Å². The topological polar surface area (TPSA) is 52.6 Å². The van der Waals surface area contributed by atoms with Crippen LogP contribution in [0.4, 0.5) is 5.69 Å². The number of aliphatic carboxylic acids is 1. The number of carbonyl (C=O) groups is 1. The largest absolute Gasteiger partial charge is 0.479 e. The molecule has 6 heteroatoms. The third kappa shape index (κ3) is 4.35. The Kier molecular flexibility index (Phi) is 5.67. The first-order valence-electron chi connectivity index (χ1n) is 8.21. The van der Waals surface area contributed by atoms with E-state index in [0.29, 0.717) is 18.0 Å². The highest BCUT2D eigenvalue weighted by atomic mass is 79.9. The average Bonchev–Trinajstić information content (AvgIpc) is 2.59. The molecule has 0 aromatic heterocycles. The monoisotopic (exact) mass is 422 g/mol. The fourth-order valence-corrected chi connectivity index (χ4v) is 3.80. The van der Waals surface area contributed by atoms with Crippen LogP contribution < -0.4 is 5.32 Å². The van der Waals surface area contributed by atoms with Gasteiger partial charge in [-0.05, 0) is 59.1 Å². The van der Waals surface area contributed by atoms with Gasteiger partial charge in [0.15, 0.2) is 0 Å². The SMILES string of the molecule is O=C(O)C1(Nc2ccc(Cl)c(Br)c2)CCCN(Cc2ccccc2)C1. The second-order valence-electron chi connectivity index (χ2n) is 6.44. The number of likely N-dealkylation sites (tertiary alicyclic amines) is 1. The van der Waals surface area contributed by atoms with Crippen molar-refractivity contribution in [1.29, 1.82) is 0 Å². The van der Waals surface area contributed by atoms with Gasteiger partial charge in [-0.15, -0.1) is 0 Å². The molecule has 1 heterocycles. The predicted molar refractivity (Wildman–Crippen MR) is 104 cm³/mol. The Hall–Kier alpha value is -1.56. The van der Waals surface area contributed by atoms with E-state index in [-0.39, 0.29) is 0 Å². The summed E-state index contributed by atoms with van der Waals surface area (Å²) in [5.74, 6) is -0.823. The van der Waals surface area contributed by atoms with Crippen LogP contribution in [0.2, 0.25) is 5.02 Å². The van der Waals surface area contributed by atoms with Crippen LogP contribution in [0.5, 0.6) is 0 Å². The lowest BCUT2D eigenvalue weighted by atomic mass is 9.88. The van der Waals surface area contributed by atoms with Crippen molar-refractivity contribution in [2.75, 3.05) is 18.4 Å². The van der Waals surface area contributed by atoms with Crippen molar-refractivity contribution in [3.63, 3.8) is 0 Å². The summed E-state index contributed by atoms with van der Waals surface area (Å²) < 4.78 is 0.747. The second-order valence-corrected chi connectivity index (χ2v) is 7.70. The van der Waals surface area contributed by atoms with Gasteiger partial charge in [-0.25, -0.2) is 4.79 Å². The van der Waals surface area contributed by atoms with Gasteiger partial charge in [0.1, 0.15) is 5.54 Å². The minimum Gasteiger partial charge on any atom is -0.479 e. The number of rotatable bonds is 5. The fourth-order valence-electron chi connectivity index (χ4n) is 3.30. The van der Waals surface area contributed by atoms with Crippen LogP contribution in [0.15, 0.2) is 53.0 Å². The molecule has 1 atom stereocenters. The summed E-state index contributed by atoms with van der Waals surface area (Å²) in [7, 11) is 0. The van der Waals surface area contributed by atoms with Gasteiger partial charge >= 0.3 is 5.97 Å². The van der Waals surface area contributed by atoms with E-state index in [1.54, 1.807) is 6.07 Å². The van der Waals surface area contributed by atoms with Gasteiger partial charge in [0.25, 0.3) is 0 Å². The van der Waals surface area contributed by atoms with Gasteiger partial charge in [0, 0.05) is 23.2 Å².